The van der Waals surface area contributed by atoms with Crippen molar-refractivity contribution in [2.24, 2.45) is 0 Å². The number of aromatic nitrogens is 1. The van der Waals surface area contributed by atoms with Crippen molar-refractivity contribution < 1.29 is 23.8 Å². The smallest absolute Gasteiger partial charge is 0.303 e. The van der Waals surface area contributed by atoms with Gasteiger partial charge in [0.05, 0.1) is 13.5 Å². The van der Waals surface area contributed by atoms with Gasteiger partial charge in [0, 0.05) is 17.5 Å². The Bertz CT molecular complexity index is 1170. The summed E-state index contributed by atoms with van der Waals surface area (Å²) in [7, 11) is 1.61. The van der Waals surface area contributed by atoms with Gasteiger partial charge in [0.25, 0.3) is 0 Å². The summed E-state index contributed by atoms with van der Waals surface area (Å²) in [5, 5.41) is 9.01. The molecule has 0 radical (unpaired) electrons. The molecule has 0 atom stereocenters. The minimum absolute atomic E-state index is 0.0474. The number of carboxylic acid groups (broad SMARTS) is 1. The van der Waals surface area contributed by atoms with Gasteiger partial charge in [-0.2, -0.15) is 0 Å². The highest BCUT2D eigenvalue weighted by Gasteiger charge is 2.18. The summed E-state index contributed by atoms with van der Waals surface area (Å²) < 4.78 is 17.1. The number of hydrogen-bond acceptors (Lipinski definition) is 5. The SMILES string of the molecule is COc1ccc(-c2oc(CCC(=O)O)nc2-c2ccc(OCc3ccccc3)cc2)cc1. The Morgan fingerprint density at radius 1 is 0.906 bits per heavy atom. The summed E-state index contributed by atoms with van der Waals surface area (Å²) in [6.45, 7) is 0.487. The Labute approximate surface area is 186 Å². The number of aryl methyl sites for hydroxylation is 1. The van der Waals surface area contributed by atoms with Crippen LogP contribution in [-0.2, 0) is 17.8 Å². The van der Waals surface area contributed by atoms with E-state index in [2.05, 4.69) is 4.98 Å². The van der Waals surface area contributed by atoms with Gasteiger partial charge in [0.1, 0.15) is 23.8 Å². The van der Waals surface area contributed by atoms with Crippen molar-refractivity contribution >= 4 is 5.97 Å². The number of hydrogen-bond donors (Lipinski definition) is 1. The van der Waals surface area contributed by atoms with Crippen molar-refractivity contribution in [2.75, 3.05) is 7.11 Å². The number of rotatable bonds is 9. The zero-order valence-corrected chi connectivity index (χ0v) is 17.7. The van der Waals surface area contributed by atoms with E-state index in [4.69, 9.17) is 19.0 Å². The van der Waals surface area contributed by atoms with Crippen LogP contribution in [0.3, 0.4) is 0 Å². The maximum absolute atomic E-state index is 11.0. The van der Waals surface area contributed by atoms with E-state index < -0.39 is 5.97 Å². The van der Waals surface area contributed by atoms with Crippen molar-refractivity contribution in [1.82, 2.24) is 4.98 Å². The van der Waals surface area contributed by atoms with Crippen LogP contribution in [0.15, 0.2) is 83.3 Å². The summed E-state index contributed by atoms with van der Waals surface area (Å²) in [4.78, 5) is 15.6. The molecular weight excluding hydrogens is 406 g/mol. The highest BCUT2D eigenvalue weighted by molar-refractivity contribution is 5.77. The second-order valence-corrected chi connectivity index (χ2v) is 7.21. The molecular formula is C26H23NO5. The van der Waals surface area contributed by atoms with Gasteiger partial charge in [-0.25, -0.2) is 4.98 Å². The number of carbonyl (C=O) groups is 1. The topological polar surface area (TPSA) is 81.8 Å². The Morgan fingerprint density at radius 2 is 1.56 bits per heavy atom. The van der Waals surface area contributed by atoms with Crippen molar-refractivity contribution in [1.29, 1.82) is 0 Å². The lowest BCUT2D eigenvalue weighted by Gasteiger charge is -2.07. The predicted octanol–water partition coefficient (Wildman–Crippen LogP) is 5.61. The molecule has 162 valence electrons. The largest absolute Gasteiger partial charge is 0.497 e. The lowest BCUT2D eigenvalue weighted by Crippen LogP contribution is -1.97. The molecule has 1 aromatic heterocycles. The van der Waals surface area contributed by atoms with Crippen LogP contribution < -0.4 is 9.47 Å². The summed E-state index contributed by atoms with van der Waals surface area (Å²) in [6, 6.07) is 25.1. The van der Waals surface area contributed by atoms with Crippen molar-refractivity contribution in [2.45, 2.75) is 19.4 Å². The van der Waals surface area contributed by atoms with Gasteiger partial charge >= 0.3 is 5.97 Å². The van der Waals surface area contributed by atoms with Crippen LogP contribution in [0.25, 0.3) is 22.6 Å². The van der Waals surface area contributed by atoms with E-state index in [0.717, 1.165) is 28.2 Å². The third-order valence-corrected chi connectivity index (χ3v) is 4.95. The maximum atomic E-state index is 11.0. The van der Waals surface area contributed by atoms with Crippen molar-refractivity contribution in [3.8, 4) is 34.1 Å². The van der Waals surface area contributed by atoms with Gasteiger partial charge in [0.2, 0.25) is 0 Å². The van der Waals surface area contributed by atoms with Crippen molar-refractivity contribution in [3.63, 3.8) is 0 Å². The van der Waals surface area contributed by atoms with Crippen LogP contribution in [0.2, 0.25) is 0 Å². The van der Waals surface area contributed by atoms with Gasteiger partial charge < -0.3 is 19.0 Å². The molecule has 0 bridgehead atoms. The van der Waals surface area contributed by atoms with E-state index in [1.165, 1.54) is 0 Å². The second kappa shape index (κ2) is 9.83. The first-order chi connectivity index (χ1) is 15.6. The van der Waals surface area contributed by atoms with Crippen LogP contribution >= 0.6 is 0 Å². The normalized spacial score (nSPS) is 10.7. The van der Waals surface area contributed by atoms with E-state index in [1.807, 2.05) is 78.9 Å². The van der Waals surface area contributed by atoms with Gasteiger partial charge in [-0.15, -0.1) is 0 Å². The minimum Gasteiger partial charge on any atom is -0.497 e. The third-order valence-electron chi connectivity index (χ3n) is 4.95. The molecule has 0 aliphatic carbocycles. The molecule has 1 heterocycles. The fourth-order valence-electron chi connectivity index (χ4n) is 3.27. The average Bonchev–Trinajstić information content (AvgIpc) is 3.27. The molecule has 0 unspecified atom stereocenters. The molecule has 3 aromatic carbocycles. The van der Waals surface area contributed by atoms with Crippen LogP contribution in [0.5, 0.6) is 11.5 Å². The molecule has 0 fully saturated rings. The summed E-state index contributed by atoms with van der Waals surface area (Å²) in [6.07, 6.45) is 0.172. The Morgan fingerprint density at radius 3 is 2.22 bits per heavy atom. The number of benzene rings is 3. The zero-order valence-electron chi connectivity index (χ0n) is 17.7. The Hall–Kier alpha value is -4.06. The van der Waals surface area contributed by atoms with E-state index >= 15 is 0 Å². The fourth-order valence-corrected chi connectivity index (χ4v) is 3.27. The number of ether oxygens (including phenoxy) is 2. The molecule has 0 aliphatic rings. The standard InChI is InChI=1S/C26H23NO5/c1-30-21-11-9-20(10-12-21)26-25(27-23(32-26)15-16-24(28)29)19-7-13-22(14-8-19)31-17-18-5-3-2-4-6-18/h2-14H,15-17H2,1H3,(H,28,29). The van der Waals surface area contributed by atoms with E-state index in [0.29, 0.717) is 24.0 Å². The maximum Gasteiger partial charge on any atom is 0.303 e. The lowest BCUT2D eigenvalue weighted by atomic mass is 10.1. The first kappa shape index (κ1) is 21.2. The highest BCUT2D eigenvalue weighted by Crippen LogP contribution is 2.34. The molecule has 0 aliphatic heterocycles. The van der Waals surface area contributed by atoms with Gasteiger partial charge in [0.15, 0.2) is 11.7 Å². The number of methoxy groups -OCH3 is 1. The number of aliphatic carboxylic acids is 1. The number of oxazole rings is 1. The fraction of sp³-hybridized carbons (Fsp3) is 0.154. The predicted molar refractivity (Wildman–Crippen MR) is 121 cm³/mol. The quantitative estimate of drug-likeness (QED) is 0.372. The number of nitrogens with zero attached hydrogens (tertiary/aromatic N) is 1. The van der Waals surface area contributed by atoms with Crippen LogP contribution in [0.1, 0.15) is 17.9 Å². The molecule has 0 saturated carbocycles. The average molecular weight is 429 g/mol. The van der Waals surface area contributed by atoms with E-state index in [9.17, 15) is 4.79 Å². The first-order valence-corrected chi connectivity index (χ1v) is 10.3. The molecule has 6 heteroatoms. The summed E-state index contributed by atoms with van der Waals surface area (Å²) in [5.41, 5.74) is 3.44. The summed E-state index contributed by atoms with van der Waals surface area (Å²) in [5.74, 6) is 1.57. The Kier molecular flexibility index (Phi) is 6.51. The summed E-state index contributed by atoms with van der Waals surface area (Å²) >= 11 is 0. The van der Waals surface area contributed by atoms with Gasteiger partial charge in [-0.05, 0) is 54.1 Å². The van der Waals surface area contributed by atoms with E-state index in [-0.39, 0.29) is 12.8 Å². The molecule has 0 saturated heterocycles. The monoisotopic (exact) mass is 429 g/mol. The highest BCUT2D eigenvalue weighted by atomic mass is 16.5. The molecule has 4 aromatic rings. The second-order valence-electron chi connectivity index (χ2n) is 7.21. The minimum atomic E-state index is -0.893. The van der Waals surface area contributed by atoms with Crippen LogP contribution in [0, 0.1) is 0 Å². The molecule has 0 amide bonds. The third kappa shape index (κ3) is 5.16. The Balaban J connectivity index is 1.59. The zero-order chi connectivity index (χ0) is 22.3. The molecule has 0 spiro atoms. The molecule has 1 N–H and O–H groups in total. The molecule has 4 rings (SSSR count). The lowest BCUT2D eigenvalue weighted by molar-refractivity contribution is -0.137. The van der Waals surface area contributed by atoms with Crippen LogP contribution in [0.4, 0.5) is 0 Å². The van der Waals surface area contributed by atoms with E-state index in [1.54, 1.807) is 7.11 Å². The first-order valence-electron chi connectivity index (χ1n) is 10.3. The number of carboxylic acids is 1. The van der Waals surface area contributed by atoms with Gasteiger partial charge in [-0.1, -0.05) is 30.3 Å². The van der Waals surface area contributed by atoms with Gasteiger partial charge in [-0.3, -0.25) is 4.79 Å². The molecule has 6 nitrogen and oxygen atoms in total. The van der Waals surface area contributed by atoms with Crippen molar-refractivity contribution in [3.05, 3.63) is 90.3 Å². The molecule has 32 heavy (non-hydrogen) atoms. The van der Waals surface area contributed by atoms with Crippen LogP contribution in [-0.4, -0.2) is 23.2 Å².